The second-order valence-electron chi connectivity index (χ2n) is 12.0. The standard InChI is InChI=1S/C29H31F15O2/c1-2-3-16-4-6-17(7-5-16)18-10-14-21(15-11-18)46-22(45)19-8-12-20(13-9-19)23(30,31)24(32,33)25(34,35)26(36,37)27(38,39)28(40,41)29(42,43)44/h10-11,14-17,19-20H,2-9,12-13H2,1H3/t16-,17-,19-,20-. The Bertz CT molecular complexity index is 1180. The van der Waals surface area contributed by atoms with Crippen LogP contribution in [0.2, 0.25) is 0 Å². The van der Waals surface area contributed by atoms with E-state index < -0.39 is 85.2 Å². The lowest BCUT2D eigenvalue weighted by Gasteiger charge is -2.44. The van der Waals surface area contributed by atoms with Crippen LogP contribution < -0.4 is 4.74 Å². The molecule has 0 aliphatic heterocycles. The topological polar surface area (TPSA) is 26.3 Å². The molecular formula is C29H31F15O2. The molecule has 0 N–H and O–H groups in total. The van der Waals surface area contributed by atoms with E-state index in [0.717, 1.165) is 44.1 Å². The molecule has 2 nitrogen and oxygen atoms in total. The number of ether oxygens (including phenoxy) is 1. The third-order valence-electron chi connectivity index (χ3n) is 9.04. The minimum atomic E-state index is -8.31. The third-order valence-corrected chi connectivity index (χ3v) is 9.04. The maximum Gasteiger partial charge on any atom is 0.460 e. The van der Waals surface area contributed by atoms with Crippen molar-refractivity contribution in [1.29, 1.82) is 0 Å². The van der Waals surface area contributed by atoms with E-state index in [2.05, 4.69) is 6.92 Å². The van der Waals surface area contributed by atoms with Gasteiger partial charge in [0.15, 0.2) is 0 Å². The summed E-state index contributed by atoms with van der Waals surface area (Å²) >= 11 is 0. The van der Waals surface area contributed by atoms with Gasteiger partial charge in [-0.3, -0.25) is 4.79 Å². The largest absolute Gasteiger partial charge is 0.460 e. The summed E-state index contributed by atoms with van der Waals surface area (Å²) in [6.45, 7) is 2.12. The van der Waals surface area contributed by atoms with Crippen LogP contribution in [0.4, 0.5) is 65.9 Å². The first kappa shape index (κ1) is 38.1. The molecule has 0 radical (unpaired) electrons. The molecule has 264 valence electrons. The van der Waals surface area contributed by atoms with E-state index in [1.54, 1.807) is 12.1 Å². The van der Waals surface area contributed by atoms with Crippen LogP contribution in [-0.2, 0) is 4.79 Å². The first-order chi connectivity index (χ1) is 20.9. The Morgan fingerprint density at radius 2 is 1.09 bits per heavy atom. The lowest BCUT2D eigenvalue weighted by molar-refractivity contribution is -0.455. The molecule has 46 heavy (non-hydrogen) atoms. The van der Waals surface area contributed by atoms with Crippen molar-refractivity contribution in [3.8, 4) is 5.75 Å². The molecule has 2 aliphatic carbocycles. The van der Waals surface area contributed by atoms with Crippen molar-refractivity contribution in [2.45, 2.75) is 119 Å². The highest BCUT2D eigenvalue weighted by Crippen LogP contribution is 2.64. The molecule has 0 amide bonds. The monoisotopic (exact) mass is 696 g/mol. The summed E-state index contributed by atoms with van der Waals surface area (Å²) in [5.74, 6) is -50.8. The van der Waals surface area contributed by atoms with E-state index in [1.165, 1.54) is 12.1 Å². The molecule has 1 aromatic rings. The summed E-state index contributed by atoms with van der Waals surface area (Å²) in [5, 5.41) is 0. The molecule has 0 spiro atoms. The zero-order valence-electron chi connectivity index (χ0n) is 24.2. The number of alkyl halides is 15. The van der Waals surface area contributed by atoms with Crippen LogP contribution in [0.25, 0.3) is 0 Å². The van der Waals surface area contributed by atoms with Crippen molar-refractivity contribution < 1.29 is 75.4 Å². The number of halogens is 15. The number of hydrogen-bond acceptors (Lipinski definition) is 2. The normalized spacial score (nSPS) is 24.5. The molecule has 0 bridgehead atoms. The van der Waals surface area contributed by atoms with Crippen LogP contribution in [0.5, 0.6) is 5.75 Å². The molecule has 2 saturated carbocycles. The first-order valence-corrected chi connectivity index (χ1v) is 14.5. The van der Waals surface area contributed by atoms with E-state index in [1.807, 2.05) is 0 Å². The van der Waals surface area contributed by atoms with Crippen LogP contribution in [0.3, 0.4) is 0 Å². The summed E-state index contributed by atoms with van der Waals surface area (Å²) in [5.41, 5.74) is 1.00. The van der Waals surface area contributed by atoms with Gasteiger partial charge in [-0.1, -0.05) is 31.9 Å². The van der Waals surface area contributed by atoms with Crippen LogP contribution >= 0.6 is 0 Å². The molecule has 1 aromatic carbocycles. The van der Waals surface area contributed by atoms with Gasteiger partial charge < -0.3 is 4.74 Å². The Kier molecular flexibility index (Phi) is 10.7. The Balaban J connectivity index is 1.65. The maximum absolute atomic E-state index is 14.6. The van der Waals surface area contributed by atoms with Crippen molar-refractivity contribution in [3.05, 3.63) is 29.8 Å². The molecule has 3 rings (SSSR count). The molecule has 0 aromatic heterocycles. The second-order valence-corrected chi connectivity index (χ2v) is 12.0. The van der Waals surface area contributed by atoms with Crippen LogP contribution in [0, 0.1) is 17.8 Å². The molecule has 0 saturated heterocycles. The average molecular weight is 697 g/mol. The van der Waals surface area contributed by atoms with Gasteiger partial charge in [-0.2, -0.15) is 65.9 Å². The number of hydrogen-bond donors (Lipinski definition) is 0. The molecule has 0 heterocycles. The summed E-state index contributed by atoms with van der Waals surface area (Å²) in [6.07, 6.45) is -5.25. The maximum atomic E-state index is 14.6. The highest BCUT2D eigenvalue weighted by Gasteiger charge is 2.93. The fourth-order valence-corrected chi connectivity index (χ4v) is 6.13. The molecule has 2 fully saturated rings. The fraction of sp³-hybridized carbons (Fsp3) is 0.759. The van der Waals surface area contributed by atoms with Gasteiger partial charge in [-0.25, -0.2) is 0 Å². The lowest BCUT2D eigenvalue weighted by Crippen LogP contribution is -2.73. The van der Waals surface area contributed by atoms with Gasteiger partial charge in [0.25, 0.3) is 0 Å². The van der Waals surface area contributed by atoms with E-state index in [0.29, 0.717) is 11.8 Å². The molecule has 2 aliphatic rings. The second kappa shape index (κ2) is 12.9. The number of carbonyl (C=O) groups excluding carboxylic acids is 1. The Labute approximate surface area is 254 Å². The number of benzene rings is 1. The highest BCUT2D eigenvalue weighted by atomic mass is 19.4. The molecule has 0 unspecified atom stereocenters. The number of rotatable bonds is 11. The van der Waals surface area contributed by atoms with Gasteiger partial charge in [0.05, 0.1) is 5.92 Å². The minimum Gasteiger partial charge on any atom is -0.426 e. The van der Waals surface area contributed by atoms with Gasteiger partial charge >= 0.3 is 47.7 Å². The minimum absolute atomic E-state index is 0.0471. The van der Waals surface area contributed by atoms with Crippen molar-refractivity contribution >= 4 is 5.97 Å². The highest BCUT2D eigenvalue weighted by molar-refractivity contribution is 5.75. The average Bonchev–Trinajstić information content (AvgIpc) is 2.97. The predicted molar refractivity (Wildman–Crippen MR) is 133 cm³/mol. The molecule has 17 heteroatoms. The fourth-order valence-electron chi connectivity index (χ4n) is 6.13. The number of esters is 1. The molecular weight excluding hydrogens is 665 g/mol. The Hall–Kier alpha value is -2.36. The number of carbonyl (C=O) groups is 1. The van der Waals surface area contributed by atoms with Crippen molar-refractivity contribution in [2.75, 3.05) is 0 Å². The van der Waals surface area contributed by atoms with Crippen molar-refractivity contribution in [3.63, 3.8) is 0 Å². The summed E-state index contributed by atoms with van der Waals surface area (Å²) < 4.78 is 209. The smallest absolute Gasteiger partial charge is 0.426 e. The van der Waals surface area contributed by atoms with E-state index in [4.69, 9.17) is 4.74 Å². The van der Waals surface area contributed by atoms with Crippen LogP contribution in [-0.4, -0.2) is 47.7 Å². The SMILES string of the molecule is CCC[C@H]1CC[C@H](c2ccc(OC(=O)[C@H]3CC[C@H](C(F)(F)C(F)(F)C(F)(F)C(F)(F)C(F)(F)C(F)(F)C(F)(F)F)CC3)cc2)CC1. The summed E-state index contributed by atoms with van der Waals surface area (Å²) in [6, 6.07) is 6.42. The lowest BCUT2D eigenvalue weighted by atomic mass is 9.75. The van der Waals surface area contributed by atoms with Gasteiger partial charge in [-0.05, 0) is 80.9 Å². The Morgan fingerprint density at radius 1 is 0.630 bits per heavy atom. The van der Waals surface area contributed by atoms with E-state index in [9.17, 15) is 70.7 Å². The third kappa shape index (κ3) is 6.53. The van der Waals surface area contributed by atoms with Gasteiger partial charge in [0.2, 0.25) is 0 Å². The van der Waals surface area contributed by atoms with Crippen molar-refractivity contribution in [1.82, 2.24) is 0 Å². The van der Waals surface area contributed by atoms with Gasteiger partial charge in [0.1, 0.15) is 5.75 Å². The molecule has 0 atom stereocenters. The Morgan fingerprint density at radius 3 is 1.54 bits per heavy atom. The summed E-state index contributed by atoms with van der Waals surface area (Å²) in [7, 11) is 0. The van der Waals surface area contributed by atoms with Crippen LogP contribution in [0.1, 0.15) is 82.6 Å². The van der Waals surface area contributed by atoms with E-state index >= 15 is 0 Å². The first-order valence-electron chi connectivity index (χ1n) is 14.5. The summed E-state index contributed by atoms with van der Waals surface area (Å²) in [4.78, 5) is 12.6. The quantitative estimate of drug-likeness (QED) is 0.131. The van der Waals surface area contributed by atoms with E-state index in [-0.39, 0.29) is 5.75 Å². The van der Waals surface area contributed by atoms with Crippen molar-refractivity contribution in [2.24, 2.45) is 17.8 Å². The predicted octanol–water partition coefficient (Wildman–Crippen LogP) is 10.8. The zero-order valence-corrected chi connectivity index (χ0v) is 24.2. The van der Waals surface area contributed by atoms with Crippen LogP contribution in [0.15, 0.2) is 24.3 Å². The zero-order chi connectivity index (χ0) is 35.1. The van der Waals surface area contributed by atoms with Gasteiger partial charge in [-0.15, -0.1) is 0 Å². The van der Waals surface area contributed by atoms with Gasteiger partial charge in [0, 0.05) is 5.92 Å².